The zero-order valence-corrected chi connectivity index (χ0v) is 21.9. The lowest BCUT2D eigenvalue weighted by atomic mass is 10.1. The van der Waals surface area contributed by atoms with Gasteiger partial charge in [0, 0.05) is 49.5 Å². The summed E-state index contributed by atoms with van der Waals surface area (Å²) >= 11 is 0. The van der Waals surface area contributed by atoms with Gasteiger partial charge in [0.05, 0.1) is 5.56 Å². The number of hydrogen-bond donors (Lipinski definition) is 2. The quantitative estimate of drug-likeness (QED) is 0.321. The van der Waals surface area contributed by atoms with Crippen molar-refractivity contribution in [3.63, 3.8) is 0 Å². The number of carbonyl (C=O) groups is 1. The Bertz CT molecular complexity index is 1740. The molecule has 10 heteroatoms. The Morgan fingerprint density at radius 3 is 2.85 bits per heavy atom. The van der Waals surface area contributed by atoms with Crippen molar-refractivity contribution in [2.45, 2.75) is 31.3 Å². The lowest BCUT2D eigenvalue weighted by Crippen LogP contribution is -2.36. The molecule has 2 aliphatic rings. The number of nitrogen functional groups attached to an aromatic ring is 1. The molecule has 1 aliphatic heterocycles. The van der Waals surface area contributed by atoms with Crippen molar-refractivity contribution in [2.24, 2.45) is 0 Å². The van der Waals surface area contributed by atoms with Gasteiger partial charge in [-0.1, -0.05) is 12.6 Å². The lowest BCUT2D eigenvalue weighted by Gasteiger charge is -2.21. The molecular weight excluding hydrogens is 502 g/mol. The summed E-state index contributed by atoms with van der Waals surface area (Å²) in [5.74, 6) is 1.81. The van der Waals surface area contributed by atoms with Gasteiger partial charge in [0.15, 0.2) is 17.3 Å². The fraction of sp³-hybridized carbons (Fsp3) is 0.233. The molecule has 2 atom stereocenters. The van der Waals surface area contributed by atoms with Gasteiger partial charge in [0.2, 0.25) is 5.91 Å². The minimum atomic E-state index is 0.00250. The number of fused-ring (bicyclic) bond motifs is 2. The number of aromatic nitrogens is 6. The van der Waals surface area contributed by atoms with Crippen LogP contribution in [0, 0.1) is 0 Å². The number of benzene rings is 1. The second kappa shape index (κ2) is 9.73. The smallest absolute Gasteiger partial charge is 0.246 e. The molecule has 0 saturated carbocycles. The fourth-order valence-corrected chi connectivity index (χ4v) is 5.94. The molecule has 4 aromatic heterocycles. The summed E-state index contributed by atoms with van der Waals surface area (Å²) in [5, 5.41) is 8.15. The van der Waals surface area contributed by atoms with E-state index in [-0.39, 0.29) is 18.0 Å². The number of imidazole rings is 1. The predicted molar refractivity (Wildman–Crippen MR) is 153 cm³/mol. The van der Waals surface area contributed by atoms with Crippen molar-refractivity contribution in [2.75, 3.05) is 18.8 Å². The van der Waals surface area contributed by atoms with Crippen molar-refractivity contribution in [1.82, 2.24) is 39.5 Å². The van der Waals surface area contributed by atoms with Crippen molar-refractivity contribution in [1.29, 1.82) is 0 Å². The minimum Gasteiger partial charge on any atom is -0.383 e. The van der Waals surface area contributed by atoms with E-state index in [1.165, 1.54) is 17.2 Å². The van der Waals surface area contributed by atoms with Crippen LogP contribution in [0.1, 0.15) is 30.0 Å². The number of likely N-dealkylation sites (tertiary alicyclic amines) is 1. The van der Waals surface area contributed by atoms with Gasteiger partial charge in [-0.15, -0.1) is 0 Å². The number of carbonyl (C=O) groups excluding carboxylic acids is 1. The van der Waals surface area contributed by atoms with Crippen molar-refractivity contribution in [3.05, 3.63) is 90.9 Å². The summed E-state index contributed by atoms with van der Waals surface area (Å²) in [7, 11) is 0. The van der Waals surface area contributed by atoms with Crippen LogP contribution in [0.4, 0.5) is 5.82 Å². The third-order valence-electron chi connectivity index (χ3n) is 7.88. The van der Waals surface area contributed by atoms with Gasteiger partial charge in [-0.3, -0.25) is 9.36 Å². The maximum atomic E-state index is 12.0. The van der Waals surface area contributed by atoms with Crippen LogP contribution in [0.15, 0.2) is 79.8 Å². The Labute approximate surface area is 231 Å². The van der Waals surface area contributed by atoms with Crippen LogP contribution < -0.4 is 11.1 Å². The average molecular weight is 532 g/mol. The van der Waals surface area contributed by atoms with Crippen LogP contribution in [0.3, 0.4) is 0 Å². The molecule has 7 rings (SSSR count). The molecule has 1 amide bonds. The fourth-order valence-electron chi connectivity index (χ4n) is 5.94. The summed E-state index contributed by atoms with van der Waals surface area (Å²) in [6.07, 6.45) is 9.61. The number of rotatable bonds is 6. The minimum absolute atomic E-state index is 0.00250. The molecular formula is C30H29N9O. The first-order chi connectivity index (χ1) is 19.6. The molecule has 1 fully saturated rings. The van der Waals surface area contributed by atoms with E-state index in [0.29, 0.717) is 17.5 Å². The first kappa shape index (κ1) is 24.2. The topological polar surface area (TPSA) is 120 Å². The van der Waals surface area contributed by atoms with Gasteiger partial charge < -0.3 is 16.0 Å². The maximum Gasteiger partial charge on any atom is 0.246 e. The molecule has 1 saturated heterocycles. The van der Waals surface area contributed by atoms with Crippen LogP contribution in [0.5, 0.6) is 0 Å². The van der Waals surface area contributed by atoms with Crippen LogP contribution in [-0.4, -0.2) is 59.2 Å². The molecule has 1 aromatic carbocycles. The van der Waals surface area contributed by atoms with E-state index < -0.39 is 0 Å². The number of nitrogens with two attached hydrogens (primary N) is 1. The van der Waals surface area contributed by atoms with Crippen molar-refractivity contribution >= 4 is 22.9 Å². The van der Waals surface area contributed by atoms with Gasteiger partial charge in [-0.25, -0.2) is 19.6 Å². The zero-order valence-electron chi connectivity index (χ0n) is 21.9. The number of nitrogens with one attached hydrogen (secondary N) is 1. The highest BCUT2D eigenvalue weighted by molar-refractivity contribution is 5.87. The summed E-state index contributed by atoms with van der Waals surface area (Å²) < 4.78 is 3.80. The number of hydrogen-bond acceptors (Lipinski definition) is 7. The van der Waals surface area contributed by atoms with E-state index in [0.717, 1.165) is 54.8 Å². The highest BCUT2D eigenvalue weighted by Gasteiger charge is 2.30. The largest absolute Gasteiger partial charge is 0.383 e. The molecule has 3 N–H and O–H groups in total. The standard InChI is InChI=1S/C30H29N9O/c1-2-27(40)37-16-12-20(18-37)34-24-9-6-19-17-21(7-8-22(19)24)39-29(23-5-3-13-32-28(23)31)35-25-10-11-26(36-30(25)39)38-15-4-14-33-38/h2-5,7-8,10-11,13-15,17,20,24,34H,1,6,9,12,16,18H2,(H2,31,32)/t20?,24-/m0/s1. The third kappa shape index (κ3) is 4.13. The highest BCUT2D eigenvalue weighted by atomic mass is 16.2. The summed E-state index contributed by atoms with van der Waals surface area (Å²) in [5.41, 5.74) is 12.1. The Morgan fingerprint density at radius 2 is 2.02 bits per heavy atom. The predicted octanol–water partition coefficient (Wildman–Crippen LogP) is 3.61. The zero-order chi connectivity index (χ0) is 27.2. The molecule has 1 unspecified atom stereocenters. The third-order valence-corrected chi connectivity index (χ3v) is 7.88. The number of nitrogens with zero attached hydrogens (tertiary/aromatic N) is 7. The number of amides is 1. The molecule has 5 heterocycles. The van der Waals surface area contributed by atoms with Crippen LogP contribution >= 0.6 is 0 Å². The Morgan fingerprint density at radius 1 is 1.10 bits per heavy atom. The van der Waals surface area contributed by atoms with E-state index in [1.54, 1.807) is 17.1 Å². The number of aryl methyl sites for hydroxylation is 1. The van der Waals surface area contributed by atoms with Crippen LogP contribution in [0.2, 0.25) is 0 Å². The van der Waals surface area contributed by atoms with Gasteiger partial charge in [-0.2, -0.15) is 5.10 Å². The van der Waals surface area contributed by atoms with Gasteiger partial charge in [0.1, 0.15) is 11.3 Å². The Kier molecular flexibility index (Phi) is 5.89. The van der Waals surface area contributed by atoms with E-state index in [4.69, 9.17) is 15.7 Å². The number of pyridine rings is 2. The SMILES string of the molecule is C=CC(=O)N1CCC(N[C@H]2CCc3cc(-n4c(-c5cccnc5N)nc5ccc(-n6cccn6)nc54)ccc32)C1. The molecule has 10 nitrogen and oxygen atoms in total. The second-order valence-electron chi connectivity index (χ2n) is 10.3. The summed E-state index contributed by atoms with van der Waals surface area (Å²) in [4.78, 5) is 28.1. The first-order valence-electron chi connectivity index (χ1n) is 13.5. The van der Waals surface area contributed by atoms with E-state index in [9.17, 15) is 4.79 Å². The maximum absolute atomic E-state index is 12.0. The molecule has 40 heavy (non-hydrogen) atoms. The van der Waals surface area contributed by atoms with Gasteiger partial charge >= 0.3 is 0 Å². The highest BCUT2D eigenvalue weighted by Crippen LogP contribution is 2.36. The molecule has 0 bridgehead atoms. The first-order valence-corrected chi connectivity index (χ1v) is 13.5. The molecule has 0 radical (unpaired) electrons. The van der Waals surface area contributed by atoms with E-state index in [1.807, 2.05) is 41.4 Å². The summed E-state index contributed by atoms with van der Waals surface area (Å²) in [6, 6.07) is 16.6. The van der Waals surface area contributed by atoms with Gasteiger partial charge in [0.25, 0.3) is 0 Å². The normalized spacial score (nSPS) is 18.4. The van der Waals surface area contributed by atoms with E-state index in [2.05, 4.69) is 44.7 Å². The number of anilines is 1. The monoisotopic (exact) mass is 531 g/mol. The van der Waals surface area contributed by atoms with Crippen molar-refractivity contribution in [3.8, 4) is 22.9 Å². The van der Waals surface area contributed by atoms with Crippen LogP contribution in [0.25, 0.3) is 34.1 Å². The van der Waals surface area contributed by atoms with Crippen molar-refractivity contribution < 1.29 is 4.79 Å². The molecule has 1 aliphatic carbocycles. The molecule has 200 valence electrons. The lowest BCUT2D eigenvalue weighted by molar-refractivity contribution is -0.125. The Hall–Kier alpha value is -4.83. The van der Waals surface area contributed by atoms with Gasteiger partial charge in [-0.05, 0) is 78.9 Å². The summed E-state index contributed by atoms with van der Waals surface area (Å²) in [6.45, 7) is 5.11. The van der Waals surface area contributed by atoms with E-state index >= 15 is 0 Å². The average Bonchev–Trinajstić information content (AvgIpc) is 3.79. The molecule has 0 spiro atoms. The molecule has 5 aromatic rings. The van der Waals surface area contributed by atoms with Crippen LogP contribution in [-0.2, 0) is 11.2 Å². The second-order valence-corrected chi connectivity index (χ2v) is 10.3. The Balaban J connectivity index is 1.27.